The van der Waals surface area contributed by atoms with Crippen molar-refractivity contribution in [3.63, 3.8) is 0 Å². The molecule has 8 heteroatoms. The van der Waals surface area contributed by atoms with Crippen molar-refractivity contribution in [2.24, 2.45) is 0 Å². The molecule has 0 aliphatic carbocycles. The van der Waals surface area contributed by atoms with E-state index in [1.54, 1.807) is 34.6 Å². The van der Waals surface area contributed by atoms with E-state index >= 15 is 0 Å². The van der Waals surface area contributed by atoms with E-state index in [1.165, 1.54) is 24.3 Å². The summed E-state index contributed by atoms with van der Waals surface area (Å²) in [6.07, 6.45) is -3.38. The maximum atomic E-state index is 12.2. The molecule has 1 aromatic carbocycles. The van der Waals surface area contributed by atoms with Gasteiger partial charge in [-0.25, -0.2) is 13.2 Å². The van der Waals surface area contributed by atoms with Gasteiger partial charge in [0.2, 0.25) is 0 Å². The summed E-state index contributed by atoms with van der Waals surface area (Å²) in [5.41, 5.74) is -0.423. The third-order valence-electron chi connectivity index (χ3n) is 3.37. The van der Waals surface area contributed by atoms with E-state index in [0.29, 0.717) is 0 Å². The molecule has 0 spiro atoms. The molecule has 142 valence electrons. The number of rotatable bonds is 6. The monoisotopic (exact) mass is 373 g/mol. The Kier molecular flexibility index (Phi) is 6.99. The highest BCUT2D eigenvalue weighted by Crippen LogP contribution is 2.23. The maximum Gasteiger partial charge on any atom is 0.407 e. The van der Waals surface area contributed by atoms with Crippen LogP contribution in [0.25, 0.3) is 0 Å². The number of alkyl carbamates (subject to hydrolysis) is 1. The highest BCUT2D eigenvalue weighted by Gasteiger charge is 2.24. The largest absolute Gasteiger partial charge is 0.444 e. The van der Waals surface area contributed by atoms with Crippen LogP contribution >= 0.6 is 0 Å². The molecule has 0 saturated heterocycles. The van der Waals surface area contributed by atoms with Gasteiger partial charge in [-0.15, -0.1) is 0 Å². The SMILES string of the molecule is CC(C)S(=O)(=O)c1cccc(C(O)C(O)CNC(=O)OC(C)(C)C)c1. The molecule has 7 nitrogen and oxygen atoms in total. The van der Waals surface area contributed by atoms with Crippen molar-refractivity contribution in [2.45, 2.75) is 62.6 Å². The molecule has 1 aromatic rings. The minimum atomic E-state index is -3.49. The Hall–Kier alpha value is -1.64. The number of aliphatic hydroxyl groups excluding tert-OH is 2. The average Bonchev–Trinajstić information content (AvgIpc) is 2.50. The van der Waals surface area contributed by atoms with Gasteiger partial charge in [-0.2, -0.15) is 0 Å². The number of carbonyl (C=O) groups excluding carboxylic acids is 1. The van der Waals surface area contributed by atoms with Gasteiger partial charge in [-0.05, 0) is 52.3 Å². The van der Waals surface area contributed by atoms with E-state index in [4.69, 9.17) is 4.74 Å². The topological polar surface area (TPSA) is 113 Å². The van der Waals surface area contributed by atoms with Crippen molar-refractivity contribution in [3.8, 4) is 0 Å². The number of sulfone groups is 1. The van der Waals surface area contributed by atoms with Crippen LogP contribution in [0.1, 0.15) is 46.3 Å². The molecule has 1 rings (SSSR count). The third-order valence-corrected chi connectivity index (χ3v) is 5.52. The number of hydrogen-bond acceptors (Lipinski definition) is 6. The van der Waals surface area contributed by atoms with Crippen LogP contribution in [0, 0.1) is 0 Å². The molecule has 1 amide bonds. The Bertz CT molecular complexity index is 693. The maximum absolute atomic E-state index is 12.2. The fourth-order valence-corrected chi connectivity index (χ4v) is 3.10. The predicted molar refractivity (Wildman–Crippen MR) is 94.0 cm³/mol. The summed E-state index contributed by atoms with van der Waals surface area (Å²) >= 11 is 0. The van der Waals surface area contributed by atoms with Crippen molar-refractivity contribution in [1.29, 1.82) is 0 Å². The first kappa shape index (κ1) is 21.4. The average molecular weight is 373 g/mol. The van der Waals surface area contributed by atoms with Gasteiger partial charge in [0.1, 0.15) is 17.8 Å². The highest BCUT2D eigenvalue weighted by atomic mass is 32.2. The molecule has 2 atom stereocenters. The molecule has 0 heterocycles. The molecule has 0 fully saturated rings. The molecule has 0 aliphatic heterocycles. The van der Waals surface area contributed by atoms with Crippen LogP contribution < -0.4 is 5.32 Å². The van der Waals surface area contributed by atoms with Gasteiger partial charge < -0.3 is 20.3 Å². The van der Waals surface area contributed by atoms with E-state index in [-0.39, 0.29) is 17.0 Å². The number of benzene rings is 1. The number of aliphatic hydroxyl groups is 2. The number of nitrogens with one attached hydrogen (secondary N) is 1. The minimum Gasteiger partial charge on any atom is -0.444 e. The quantitative estimate of drug-likeness (QED) is 0.701. The van der Waals surface area contributed by atoms with Crippen LogP contribution in [0.3, 0.4) is 0 Å². The van der Waals surface area contributed by atoms with Crippen LogP contribution in [0.15, 0.2) is 29.2 Å². The first-order valence-electron chi connectivity index (χ1n) is 8.01. The van der Waals surface area contributed by atoms with Crippen LogP contribution in [0.2, 0.25) is 0 Å². The molecular formula is C17H27NO6S. The minimum absolute atomic E-state index is 0.0753. The Morgan fingerprint density at radius 3 is 2.36 bits per heavy atom. The van der Waals surface area contributed by atoms with Gasteiger partial charge >= 0.3 is 6.09 Å². The fourth-order valence-electron chi connectivity index (χ4n) is 1.98. The van der Waals surface area contributed by atoms with Crippen molar-refractivity contribution in [2.75, 3.05) is 6.54 Å². The Morgan fingerprint density at radius 2 is 1.84 bits per heavy atom. The Balaban J connectivity index is 2.80. The van der Waals surface area contributed by atoms with Gasteiger partial charge in [0.25, 0.3) is 0 Å². The van der Waals surface area contributed by atoms with Crippen molar-refractivity contribution in [3.05, 3.63) is 29.8 Å². The molecule has 3 N–H and O–H groups in total. The second kappa shape index (κ2) is 8.16. The van der Waals surface area contributed by atoms with Crippen molar-refractivity contribution < 1.29 is 28.2 Å². The lowest BCUT2D eigenvalue weighted by Crippen LogP contribution is -2.38. The first-order valence-corrected chi connectivity index (χ1v) is 9.56. The Labute approximate surface area is 148 Å². The van der Waals surface area contributed by atoms with Gasteiger partial charge in [0.05, 0.1) is 10.1 Å². The predicted octanol–water partition coefficient (Wildman–Crippen LogP) is 1.79. The van der Waals surface area contributed by atoms with Gasteiger partial charge in [0.15, 0.2) is 9.84 Å². The van der Waals surface area contributed by atoms with E-state index in [2.05, 4.69) is 5.32 Å². The summed E-state index contributed by atoms with van der Waals surface area (Å²) in [5.74, 6) is 0. The zero-order valence-corrected chi connectivity index (χ0v) is 16.0. The van der Waals surface area contributed by atoms with Gasteiger partial charge in [0, 0.05) is 6.54 Å². The number of ether oxygens (including phenoxy) is 1. The summed E-state index contributed by atoms with van der Waals surface area (Å²) in [4.78, 5) is 11.7. The third kappa shape index (κ3) is 6.30. The van der Waals surface area contributed by atoms with Gasteiger partial charge in [-0.3, -0.25) is 0 Å². The molecule has 0 radical (unpaired) electrons. The summed E-state index contributed by atoms with van der Waals surface area (Å²) in [7, 11) is -3.49. The summed E-state index contributed by atoms with van der Waals surface area (Å²) in [5, 5.41) is 22.0. The van der Waals surface area contributed by atoms with Crippen LogP contribution in [-0.4, -0.2) is 48.2 Å². The lowest BCUT2D eigenvalue weighted by atomic mass is 10.0. The molecule has 0 bridgehead atoms. The van der Waals surface area contributed by atoms with Crippen LogP contribution in [0.4, 0.5) is 4.79 Å². The summed E-state index contributed by atoms with van der Waals surface area (Å²) < 4.78 is 29.5. The normalized spacial score (nSPS) is 14.9. The van der Waals surface area contributed by atoms with Gasteiger partial charge in [-0.1, -0.05) is 12.1 Å². The summed E-state index contributed by atoms with van der Waals surface area (Å²) in [6, 6.07) is 5.79. The zero-order chi connectivity index (χ0) is 19.4. The smallest absolute Gasteiger partial charge is 0.407 e. The number of amides is 1. The highest BCUT2D eigenvalue weighted by molar-refractivity contribution is 7.92. The van der Waals surface area contributed by atoms with Crippen molar-refractivity contribution >= 4 is 15.9 Å². The number of carbonyl (C=O) groups is 1. The van der Waals surface area contributed by atoms with Crippen LogP contribution in [0.5, 0.6) is 0 Å². The zero-order valence-electron chi connectivity index (χ0n) is 15.2. The van der Waals surface area contributed by atoms with E-state index in [9.17, 15) is 23.4 Å². The molecule has 25 heavy (non-hydrogen) atoms. The standard InChI is InChI=1S/C17H27NO6S/c1-11(2)25(22,23)13-8-6-7-12(9-13)15(20)14(19)10-18-16(21)24-17(3,4)5/h6-9,11,14-15,19-20H,10H2,1-5H3,(H,18,21). The fraction of sp³-hybridized carbons (Fsp3) is 0.588. The van der Waals surface area contributed by atoms with Crippen LogP contribution in [-0.2, 0) is 14.6 Å². The van der Waals surface area contributed by atoms with E-state index in [1.807, 2.05) is 0 Å². The number of hydrogen-bond donors (Lipinski definition) is 3. The molecular weight excluding hydrogens is 346 g/mol. The second-order valence-electron chi connectivity index (χ2n) is 7.06. The Morgan fingerprint density at radius 1 is 1.24 bits per heavy atom. The second-order valence-corrected chi connectivity index (χ2v) is 9.57. The molecule has 0 aliphatic rings. The molecule has 0 saturated carbocycles. The molecule has 2 unspecified atom stereocenters. The lowest BCUT2D eigenvalue weighted by Gasteiger charge is -2.22. The van der Waals surface area contributed by atoms with Crippen molar-refractivity contribution in [1.82, 2.24) is 5.32 Å². The van der Waals surface area contributed by atoms with E-state index in [0.717, 1.165) is 0 Å². The van der Waals surface area contributed by atoms with E-state index < -0.39 is 39.0 Å². The summed E-state index contributed by atoms with van der Waals surface area (Å²) in [6.45, 7) is 8.02. The lowest BCUT2D eigenvalue weighted by molar-refractivity contribution is 0.0128. The molecule has 0 aromatic heterocycles. The first-order chi connectivity index (χ1) is 11.3.